The molecular weight excluding hydrogens is 380 g/mol. The molecule has 0 fully saturated rings. The quantitative estimate of drug-likeness (QED) is 0.235. The number of aliphatic carboxylic acids is 1. The largest absolute Gasteiger partial charge is 0.481 e. The predicted octanol–water partition coefficient (Wildman–Crippen LogP) is 5.20. The zero-order chi connectivity index (χ0) is 22.5. The van der Waals surface area contributed by atoms with E-state index < -0.39 is 18.2 Å². The molecule has 5 heteroatoms. The predicted molar refractivity (Wildman–Crippen MR) is 120 cm³/mol. The maximum atomic E-state index is 12.8. The molecule has 3 N–H and O–H groups in total. The Hall–Kier alpha value is -1.46. The highest BCUT2D eigenvalue weighted by molar-refractivity contribution is 5.97. The molecule has 0 aromatic heterocycles. The van der Waals surface area contributed by atoms with Crippen molar-refractivity contribution in [1.82, 2.24) is 0 Å². The van der Waals surface area contributed by atoms with Gasteiger partial charge in [-0.05, 0) is 37.2 Å². The summed E-state index contributed by atoms with van der Waals surface area (Å²) in [7, 11) is 0. The number of Topliss-reactive ketones (excluding diaryl/α,β-unsaturated/α-hetero) is 1. The van der Waals surface area contributed by atoms with E-state index in [1.165, 1.54) is 0 Å². The number of carboxylic acid groups (broad SMARTS) is 1. The second-order valence-electron chi connectivity index (χ2n) is 9.08. The van der Waals surface area contributed by atoms with Gasteiger partial charge in [-0.1, -0.05) is 70.6 Å². The number of hydrogen-bond donors (Lipinski definition) is 3. The fourth-order valence-corrected chi connectivity index (χ4v) is 4.14. The summed E-state index contributed by atoms with van der Waals surface area (Å²) in [5.74, 6) is -0.574. The number of aliphatic hydroxyl groups is 2. The van der Waals surface area contributed by atoms with Crippen LogP contribution in [-0.4, -0.2) is 39.3 Å². The molecular formula is C25H42O5. The van der Waals surface area contributed by atoms with E-state index in [2.05, 4.69) is 6.92 Å². The standard InChI is InChI=1S/C25H42O5/c1-4-5-8-11-19(26)14-15-21-20(12-9-6-7-10-13-25(29)30)22(17-24(21)28)23(27)16-18(2)3/h14-15,18-19,21,24,26,28H,4-13,16-17H2,1-3H3,(H,29,30)/t19-,21+,24+/m0/s1. The van der Waals surface area contributed by atoms with Crippen molar-refractivity contribution in [2.75, 3.05) is 0 Å². The summed E-state index contributed by atoms with van der Waals surface area (Å²) in [4.78, 5) is 23.4. The number of carboxylic acids is 1. The molecule has 0 saturated carbocycles. The van der Waals surface area contributed by atoms with Crippen molar-refractivity contribution in [2.45, 2.75) is 110 Å². The molecule has 30 heavy (non-hydrogen) atoms. The van der Waals surface area contributed by atoms with Gasteiger partial charge < -0.3 is 15.3 Å². The normalized spacial score (nSPS) is 20.5. The number of unbranched alkanes of at least 4 members (excludes halogenated alkanes) is 5. The van der Waals surface area contributed by atoms with E-state index in [1.807, 2.05) is 19.9 Å². The van der Waals surface area contributed by atoms with Crippen LogP contribution in [0, 0.1) is 11.8 Å². The molecule has 0 saturated heterocycles. The van der Waals surface area contributed by atoms with Gasteiger partial charge in [0.05, 0.1) is 12.2 Å². The van der Waals surface area contributed by atoms with Gasteiger partial charge >= 0.3 is 5.97 Å². The molecule has 0 unspecified atom stereocenters. The summed E-state index contributed by atoms with van der Waals surface area (Å²) in [6, 6.07) is 0. The average molecular weight is 423 g/mol. The Kier molecular flexibility index (Phi) is 12.9. The maximum absolute atomic E-state index is 12.8. The lowest BCUT2D eigenvalue weighted by molar-refractivity contribution is -0.137. The number of carbonyl (C=O) groups is 2. The third-order valence-electron chi connectivity index (χ3n) is 5.78. The molecule has 172 valence electrons. The fraction of sp³-hybridized carbons (Fsp3) is 0.760. The molecule has 0 heterocycles. The van der Waals surface area contributed by atoms with Crippen molar-refractivity contribution in [3.63, 3.8) is 0 Å². The van der Waals surface area contributed by atoms with Crippen LogP contribution in [0.3, 0.4) is 0 Å². The molecule has 0 amide bonds. The van der Waals surface area contributed by atoms with Crippen molar-refractivity contribution >= 4 is 11.8 Å². The smallest absolute Gasteiger partial charge is 0.303 e. The highest BCUT2D eigenvalue weighted by atomic mass is 16.4. The van der Waals surface area contributed by atoms with E-state index in [4.69, 9.17) is 5.11 Å². The van der Waals surface area contributed by atoms with Gasteiger partial charge in [0.15, 0.2) is 5.78 Å². The van der Waals surface area contributed by atoms with Crippen molar-refractivity contribution in [1.29, 1.82) is 0 Å². The van der Waals surface area contributed by atoms with Crippen LogP contribution in [0.25, 0.3) is 0 Å². The lowest BCUT2D eigenvalue weighted by Crippen LogP contribution is -2.15. The summed E-state index contributed by atoms with van der Waals surface area (Å²) in [5, 5.41) is 29.6. The van der Waals surface area contributed by atoms with Gasteiger partial charge in [-0.2, -0.15) is 0 Å². The van der Waals surface area contributed by atoms with Crippen LogP contribution in [0.15, 0.2) is 23.3 Å². The molecule has 1 rings (SSSR count). The molecule has 3 atom stereocenters. The molecule has 0 bridgehead atoms. The summed E-state index contributed by atoms with van der Waals surface area (Å²) in [5.41, 5.74) is 1.79. The number of carbonyl (C=O) groups excluding carboxylic acids is 1. The third-order valence-corrected chi connectivity index (χ3v) is 5.78. The first-order valence-corrected chi connectivity index (χ1v) is 11.8. The summed E-state index contributed by atoms with van der Waals surface area (Å²) >= 11 is 0. The van der Waals surface area contributed by atoms with Gasteiger partial charge in [0.1, 0.15) is 0 Å². The topological polar surface area (TPSA) is 94.8 Å². The lowest BCUT2D eigenvalue weighted by Gasteiger charge is -2.16. The van der Waals surface area contributed by atoms with Crippen molar-refractivity contribution in [2.24, 2.45) is 11.8 Å². The van der Waals surface area contributed by atoms with E-state index in [0.29, 0.717) is 19.3 Å². The fourth-order valence-electron chi connectivity index (χ4n) is 4.14. The molecule has 0 spiro atoms. The Labute approximate surface area is 182 Å². The monoisotopic (exact) mass is 422 g/mol. The van der Waals surface area contributed by atoms with E-state index in [1.54, 1.807) is 6.08 Å². The Balaban J connectivity index is 2.80. The van der Waals surface area contributed by atoms with Crippen LogP contribution >= 0.6 is 0 Å². The van der Waals surface area contributed by atoms with Crippen LogP contribution in [0.5, 0.6) is 0 Å². The SMILES string of the molecule is CCCCC[C@H](O)C=C[C@@H]1C(CCCCCCC(=O)O)=C(C(=O)CC(C)C)C[C@H]1O. The Bertz CT molecular complexity index is 590. The van der Waals surface area contributed by atoms with Crippen molar-refractivity contribution < 1.29 is 24.9 Å². The molecule has 1 aliphatic rings. The molecule has 0 aromatic rings. The number of aliphatic hydroxyl groups excluding tert-OH is 2. The van der Waals surface area contributed by atoms with Crippen LogP contribution in [-0.2, 0) is 9.59 Å². The second kappa shape index (κ2) is 14.5. The van der Waals surface area contributed by atoms with Crippen LogP contribution in [0.4, 0.5) is 0 Å². The van der Waals surface area contributed by atoms with Gasteiger partial charge in [-0.25, -0.2) is 0 Å². The van der Waals surface area contributed by atoms with Gasteiger partial charge in [0.25, 0.3) is 0 Å². The molecule has 1 aliphatic carbocycles. The van der Waals surface area contributed by atoms with Gasteiger partial charge in [0, 0.05) is 25.2 Å². The van der Waals surface area contributed by atoms with Gasteiger partial charge in [-0.3, -0.25) is 9.59 Å². The molecule has 0 aromatic carbocycles. The van der Waals surface area contributed by atoms with Crippen LogP contribution < -0.4 is 0 Å². The lowest BCUT2D eigenvalue weighted by atomic mass is 9.91. The highest BCUT2D eigenvalue weighted by Gasteiger charge is 2.34. The second-order valence-corrected chi connectivity index (χ2v) is 9.08. The van der Waals surface area contributed by atoms with Crippen LogP contribution in [0.2, 0.25) is 0 Å². The van der Waals surface area contributed by atoms with Gasteiger partial charge in [-0.15, -0.1) is 0 Å². The van der Waals surface area contributed by atoms with E-state index >= 15 is 0 Å². The zero-order valence-electron chi connectivity index (χ0n) is 19.1. The van der Waals surface area contributed by atoms with Crippen molar-refractivity contribution in [3.8, 4) is 0 Å². The highest BCUT2D eigenvalue weighted by Crippen LogP contribution is 2.38. The number of hydrogen-bond acceptors (Lipinski definition) is 4. The Morgan fingerprint density at radius 3 is 2.43 bits per heavy atom. The zero-order valence-corrected chi connectivity index (χ0v) is 19.1. The van der Waals surface area contributed by atoms with Crippen molar-refractivity contribution in [3.05, 3.63) is 23.3 Å². The van der Waals surface area contributed by atoms with E-state index in [-0.39, 0.29) is 24.0 Å². The number of ketones is 1. The van der Waals surface area contributed by atoms with E-state index in [9.17, 15) is 19.8 Å². The first-order chi connectivity index (χ1) is 14.3. The molecule has 0 aliphatic heterocycles. The summed E-state index contributed by atoms with van der Waals surface area (Å²) in [6.07, 6.45) is 11.6. The Morgan fingerprint density at radius 1 is 1.10 bits per heavy atom. The molecule has 0 radical (unpaired) electrons. The Morgan fingerprint density at radius 2 is 1.80 bits per heavy atom. The first-order valence-electron chi connectivity index (χ1n) is 11.8. The molecule has 5 nitrogen and oxygen atoms in total. The van der Waals surface area contributed by atoms with Gasteiger partial charge in [0.2, 0.25) is 0 Å². The third kappa shape index (κ3) is 10.0. The van der Waals surface area contributed by atoms with E-state index in [0.717, 1.165) is 62.5 Å². The maximum Gasteiger partial charge on any atom is 0.303 e. The first kappa shape index (κ1) is 26.6. The minimum Gasteiger partial charge on any atom is -0.481 e. The summed E-state index contributed by atoms with van der Waals surface area (Å²) in [6.45, 7) is 6.18. The minimum absolute atomic E-state index is 0.129. The summed E-state index contributed by atoms with van der Waals surface area (Å²) < 4.78 is 0. The van der Waals surface area contributed by atoms with Crippen LogP contribution in [0.1, 0.15) is 97.8 Å². The minimum atomic E-state index is -0.763. The average Bonchev–Trinajstić information content (AvgIpc) is 2.98. The number of rotatable bonds is 16.